The molecule has 0 aromatic heterocycles. The maximum Gasteiger partial charge on any atom is 0.271 e. The highest BCUT2D eigenvalue weighted by molar-refractivity contribution is 7.92. The molecule has 3 rings (SSSR count). The van der Waals surface area contributed by atoms with Crippen molar-refractivity contribution in [1.29, 1.82) is 0 Å². The van der Waals surface area contributed by atoms with Crippen molar-refractivity contribution in [2.24, 2.45) is 5.10 Å². The van der Waals surface area contributed by atoms with Gasteiger partial charge in [0, 0.05) is 11.3 Å². The Balaban J connectivity index is 1.61. The molecule has 0 fully saturated rings. The molecular formula is C24H25N3O6S. The van der Waals surface area contributed by atoms with Crippen molar-refractivity contribution in [2.45, 2.75) is 18.7 Å². The number of carbonyl (C=O) groups excluding carboxylic acids is 1. The third-order valence-electron chi connectivity index (χ3n) is 4.51. The number of ether oxygens (including phenoxy) is 2. The van der Waals surface area contributed by atoms with Crippen molar-refractivity contribution in [2.75, 3.05) is 17.9 Å². The highest BCUT2D eigenvalue weighted by Crippen LogP contribution is 2.26. The Morgan fingerprint density at radius 3 is 2.29 bits per heavy atom. The molecule has 0 aliphatic carbocycles. The number of anilines is 1. The highest BCUT2D eigenvalue weighted by Gasteiger charge is 2.15. The van der Waals surface area contributed by atoms with E-state index >= 15 is 0 Å². The Labute approximate surface area is 198 Å². The van der Waals surface area contributed by atoms with E-state index in [4.69, 9.17) is 9.47 Å². The van der Waals surface area contributed by atoms with E-state index in [0.29, 0.717) is 41.5 Å². The van der Waals surface area contributed by atoms with Crippen LogP contribution in [-0.4, -0.2) is 38.9 Å². The molecule has 0 bridgehead atoms. The van der Waals surface area contributed by atoms with Gasteiger partial charge < -0.3 is 14.6 Å². The summed E-state index contributed by atoms with van der Waals surface area (Å²) in [5.74, 6) is 0.447. The summed E-state index contributed by atoms with van der Waals surface area (Å²) in [6.45, 7) is 4.53. The summed E-state index contributed by atoms with van der Waals surface area (Å²) in [5.41, 5.74) is 3.63. The van der Waals surface area contributed by atoms with Gasteiger partial charge in [0.15, 0.2) is 11.5 Å². The van der Waals surface area contributed by atoms with Crippen LogP contribution in [0.15, 0.2) is 76.7 Å². The number of phenolic OH excluding ortho intramolecular Hbond substituents is 1. The molecule has 0 unspecified atom stereocenters. The summed E-state index contributed by atoms with van der Waals surface area (Å²) in [4.78, 5) is 12.4. The van der Waals surface area contributed by atoms with Crippen LogP contribution in [0.3, 0.4) is 0 Å². The number of hydrogen-bond donors (Lipinski definition) is 3. The van der Waals surface area contributed by atoms with Gasteiger partial charge in [-0.1, -0.05) is 0 Å². The molecule has 34 heavy (non-hydrogen) atoms. The second-order valence-electron chi connectivity index (χ2n) is 6.95. The number of benzene rings is 3. The normalized spacial score (nSPS) is 11.2. The van der Waals surface area contributed by atoms with Gasteiger partial charge in [0.05, 0.1) is 24.3 Å². The van der Waals surface area contributed by atoms with E-state index in [1.807, 2.05) is 6.92 Å². The van der Waals surface area contributed by atoms with Crippen LogP contribution in [0.5, 0.6) is 17.2 Å². The Morgan fingerprint density at radius 1 is 0.971 bits per heavy atom. The summed E-state index contributed by atoms with van der Waals surface area (Å²) in [7, 11) is -3.79. The zero-order valence-electron chi connectivity index (χ0n) is 18.7. The number of aromatic hydroxyl groups is 1. The molecule has 0 saturated heterocycles. The van der Waals surface area contributed by atoms with Crippen LogP contribution < -0.4 is 19.6 Å². The number of nitrogens with zero attached hydrogens (tertiary/aromatic N) is 1. The number of amides is 1. The molecular weight excluding hydrogens is 458 g/mol. The first-order valence-corrected chi connectivity index (χ1v) is 12.0. The van der Waals surface area contributed by atoms with Crippen LogP contribution in [0.2, 0.25) is 0 Å². The zero-order chi connectivity index (χ0) is 24.6. The van der Waals surface area contributed by atoms with Crippen molar-refractivity contribution in [3.05, 3.63) is 77.9 Å². The Bertz CT molecular complexity index is 1260. The second kappa shape index (κ2) is 11.2. The van der Waals surface area contributed by atoms with Crippen LogP contribution in [-0.2, 0) is 10.0 Å². The van der Waals surface area contributed by atoms with Gasteiger partial charge in [0.2, 0.25) is 0 Å². The Morgan fingerprint density at radius 2 is 1.65 bits per heavy atom. The predicted molar refractivity (Wildman–Crippen MR) is 129 cm³/mol. The third kappa shape index (κ3) is 6.48. The van der Waals surface area contributed by atoms with Crippen molar-refractivity contribution >= 4 is 27.8 Å². The molecule has 3 N–H and O–H groups in total. The number of nitrogens with one attached hydrogen (secondary N) is 2. The molecule has 0 saturated carbocycles. The second-order valence-corrected chi connectivity index (χ2v) is 8.63. The molecule has 0 heterocycles. The van der Waals surface area contributed by atoms with Gasteiger partial charge >= 0.3 is 0 Å². The fraction of sp³-hybridized carbons (Fsp3) is 0.167. The first-order chi connectivity index (χ1) is 16.3. The molecule has 0 aliphatic rings. The molecule has 0 aliphatic heterocycles. The van der Waals surface area contributed by atoms with E-state index in [0.717, 1.165) is 0 Å². The van der Waals surface area contributed by atoms with Crippen molar-refractivity contribution in [3.8, 4) is 17.2 Å². The lowest BCUT2D eigenvalue weighted by Gasteiger charge is -2.09. The fourth-order valence-electron chi connectivity index (χ4n) is 2.90. The number of rotatable bonds is 10. The van der Waals surface area contributed by atoms with E-state index in [1.54, 1.807) is 31.2 Å². The van der Waals surface area contributed by atoms with Crippen LogP contribution in [0, 0.1) is 0 Å². The van der Waals surface area contributed by atoms with Gasteiger partial charge in [-0.15, -0.1) is 0 Å². The van der Waals surface area contributed by atoms with E-state index in [9.17, 15) is 18.3 Å². The molecule has 178 valence electrons. The minimum atomic E-state index is -3.79. The summed E-state index contributed by atoms with van der Waals surface area (Å²) in [6, 6.07) is 16.7. The van der Waals surface area contributed by atoms with Crippen LogP contribution in [0.1, 0.15) is 29.8 Å². The van der Waals surface area contributed by atoms with Crippen molar-refractivity contribution in [3.63, 3.8) is 0 Å². The molecule has 0 atom stereocenters. The fourth-order valence-corrected chi connectivity index (χ4v) is 3.96. The number of hydrogen-bond acceptors (Lipinski definition) is 7. The summed E-state index contributed by atoms with van der Waals surface area (Å²) >= 11 is 0. The summed E-state index contributed by atoms with van der Waals surface area (Å²) in [5, 5.41) is 13.6. The lowest BCUT2D eigenvalue weighted by molar-refractivity contribution is 0.0955. The van der Waals surface area contributed by atoms with Gasteiger partial charge in [-0.3, -0.25) is 9.52 Å². The lowest BCUT2D eigenvalue weighted by atomic mass is 10.2. The minimum absolute atomic E-state index is 0.0151. The number of hydrazone groups is 1. The van der Waals surface area contributed by atoms with Gasteiger partial charge in [-0.05, 0) is 86.1 Å². The number of phenols is 1. The lowest BCUT2D eigenvalue weighted by Crippen LogP contribution is -2.18. The first-order valence-electron chi connectivity index (χ1n) is 10.5. The average Bonchev–Trinajstić information content (AvgIpc) is 2.82. The van der Waals surface area contributed by atoms with Gasteiger partial charge in [0.1, 0.15) is 5.75 Å². The first kappa shape index (κ1) is 24.6. The van der Waals surface area contributed by atoms with Gasteiger partial charge in [0.25, 0.3) is 15.9 Å². The molecule has 1 amide bonds. The Kier molecular flexibility index (Phi) is 8.10. The van der Waals surface area contributed by atoms with Crippen molar-refractivity contribution in [1.82, 2.24) is 5.43 Å². The van der Waals surface area contributed by atoms with E-state index in [-0.39, 0.29) is 10.6 Å². The predicted octanol–water partition coefficient (Wildman–Crippen LogP) is 3.75. The van der Waals surface area contributed by atoms with E-state index in [1.165, 1.54) is 48.7 Å². The zero-order valence-corrected chi connectivity index (χ0v) is 19.5. The third-order valence-corrected chi connectivity index (χ3v) is 5.90. The Hall–Kier alpha value is -4.05. The van der Waals surface area contributed by atoms with E-state index < -0.39 is 15.9 Å². The van der Waals surface area contributed by atoms with Crippen molar-refractivity contribution < 1.29 is 27.8 Å². The maximum absolute atomic E-state index is 12.6. The monoisotopic (exact) mass is 483 g/mol. The SMILES string of the molecule is CCOc1ccc(S(=O)(=O)Nc2ccc(C(=O)N/N=C/c3ccc(O)c(OCC)c3)cc2)cc1. The molecule has 3 aromatic rings. The number of sulfonamides is 1. The van der Waals surface area contributed by atoms with Crippen LogP contribution in [0.4, 0.5) is 5.69 Å². The quantitative estimate of drug-likeness (QED) is 0.298. The number of carbonyl (C=O) groups is 1. The molecule has 9 nitrogen and oxygen atoms in total. The molecule has 10 heteroatoms. The van der Waals surface area contributed by atoms with Gasteiger partial charge in [-0.2, -0.15) is 5.10 Å². The minimum Gasteiger partial charge on any atom is -0.504 e. The summed E-state index contributed by atoms with van der Waals surface area (Å²) in [6.07, 6.45) is 1.42. The smallest absolute Gasteiger partial charge is 0.271 e. The van der Waals surface area contributed by atoms with Crippen LogP contribution in [0.25, 0.3) is 0 Å². The summed E-state index contributed by atoms with van der Waals surface area (Å²) < 4.78 is 38.3. The van der Waals surface area contributed by atoms with Gasteiger partial charge in [-0.25, -0.2) is 13.8 Å². The standard InChI is InChI=1S/C24H25N3O6S/c1-3-32-20-10-12-21(13-11-20)34(30,31)27-19-8-6-18(7-9-19)24(29)26-25-16-17-5-14-22(28)23(15-17)33-4-2/h5-16,27-28H,3-4H2,1-2H3,(H,26,29)/b25-16+. The van der Waals surface area contributed by atoms with E-state index in [2.05, 4.69) is 15.2 Å². The molecule has 3 aromatic carbocycles. The topological polar surface area (TPSA) is 126 Å². The molecule has 0 spiro atoms. The van der Waals surface area contributed by atoms with Crippen LogP contribution >= 0.6 is 0 Å². The molecule has 0 radical (unpaired) electrons. The largest absolute Gasteiger partial charge is 0.504 e. The highest BCUT2D eigenvalue weighted by atomic mass is 32.2. The average molecular weight is 484 g/mol. The maximum atomic E-state index is 12.6.